The molecule has 2 aromatic heterocycles. The lowest BCUT2D eigenvalue weighted by atomic mass is 10.0. The smallest absolute Gasteiger partial charge is 0.416 e. The van der Waals surface area contributed by atoms with Crippen molar-refractivity contribution in [3.05, 3.63) is 87.5 Å². The number of benzene rings is 2. The molecule has 0 bridgehead atoms. The Morgan fingerprint density at radius 2 is 1.77 bits per heavy atom. The summed E-state index contributed by atoms with van der Waals surface area (Å²) in [5, 5.41) is 0.496. The zero-order valence-corrected chi connectivity index (χ0v) is 17.1. The number of thiophene rings is 1. The molecule has 31 heavy (non-hydrogen) atoms. The van der Waals surface area contributed by atoms with Gasteiger partial charge in [-0.3, -0.25) is 9.36 Å². The number of esters is 1. The summed E-state index contributed by atoms with van der Waals surface area (Å²) < 4.78 is 46.5. The molecule has 2 aromatic carbocycles. The monoisotopic (exact) mass is 443 g/mol. The number of aromatic nitrogens is 1. The van der Waals surface area contributed by atoms with Gasteiger partial charge in [-0.2, -0.15) is 13.2 Å². The van der Waals surface area contributed by atoms with Crippen molar-refractivity contribution in [2.45, 2.75) is 13.1 Å². The normalized spacial score (nSPS) is 11.6. The van der Waals surface area contributed by atoms with Crippen molar-refractivity contribution in [2.75, 3.05) is 6.61 Å². The van der Waals surface area contributed by atoms with Gasteiger partial charge in [0, 0.05) is 17.0 Å². The van der Waals surface area contributed by atoms with Crippen molar-refractivity contribution in [3.8, 4) is 16.8 Å². The molecule has 4 nitrogen and oxygen atoms in total. The Balaban J connectivity index is 2.06. The van der Waals surface area contributed by atoms with Crippen LogP contribution < -0.4 is 5.56 Å². The lowest BCUT2D eigenvalue weighted by Gasteiger charge is -2.10. The Labute approximate surface area is 179 Å². The molecule has 2 heterocycles. The standard InChI is InChI=1S/C23H16F3NO3S/c1-2-30-22(29)20-19(14-7-6-8-15(13-14)23(24,25)26)17-11-12-18(28)27(21(17)31-20)16-9-4-3-5-10-16/h3-13H,2H2,1H3. The van der Waals surface area contributed by atoms with Crippen LogP contribution in [0, 0.1) is 0 Å². The number of carbonyl (C=O) groups excluding carboxylic acids is 1. The van der Waals surface area contributed by atoms with E-state index in [2.05, 4.69) is 0 Å². The highest BCUT2D eigenvalue weighted by Gasteiger charge is 2.31. The van der Waals surface area contributed by atoms with E-state index in [4.69, 9.17) is 4.74 Å². The fourth-order valence-corrected chi connectivity index (χ4v) is 4.61. The minimum absolute atomic E-state index is 0.112. The summed E-state index contributed by atoms with van der Waals surface area (Å²) in [7, 11) is 0. The van der Waals surface area contributed by atoms with Gasteiger partial charge in [-0.25, -0.2) is 4.79 Å². The zero-order valence-electron chi connectivity index (χ0n) is 16.3. The summed E-state index contributed by atoms with van der Waals surface area (Å²) in [5.74, 6) is -0.650. The lowest BCUT2D eigenvalue weighted by Crippen LogP contribution is -2.16. The van der Waals surface area contributed by atoms with Gasteiger partial charge in [-0.1, -0.05) is 30.3 Å². The predicted octanol–water partition coefficient (Wildman–Crippen LogP) is 5.91. The van der Waals surface area contributed by atoms with Crippen LogP contribution in [0.5, 0.6) is 0 Å². The average Bonchev–Trinajstić information content (AvgIpc) is 3.13. The third-order valence-electron chi connectivity index (χ3n) is 4.70. The number of nitrogens with zero attached hydrogens (tertiary/aromatic N) is 1. The van der Waals surface area contributed by atoms with Gasteiger partial charge in [-0.15, -0.1) is 11.3 Å². The molecule has 0 aliphatic carbocycles. The lowest BCUT2D eigenvalue weighted by molar-refractivity contribution is -0.137. The topological polar surface area (TPSA) is 48.3 Å². The van der Waals surface area contributed by atoms with Gasteiger partial charge in [0.2, 0.25) is 0 Å². The summed E-state index contributed by atoms with van der Waals surface area (Å²) in [5.41, 5.74) is -0.0107. The summed E-state index contributed by atoms with van der Waals surface area (Å²) in [6.07, 6.45) is -4.53. The fraction of sp³-hybridized carbons (Fsp3) is 0.130. The van der Waals surface area contributed by atoms with Crippen LogP contribution in [0.15, 0.2) is 71.5 Å². The number of hydrogen-bond donors (Lipinski definition) is 0. The summed E-state index contributed by atoms with van der Waals surface area (Å²) in [6, 6.07) is 16.5. The highest BCUT2D eigenvalue weighted by atomic mass is 32.1. The second kappa shape index (κ2) is 8.03. The van der Waals surface area contributed by atoms with Gasteiger partial charge in [0.05, 0.1) is 17.9 Å². The molecule has 0 fully saturated rings. The Bertz CT molecular complexity index is 1320. The molecular formula is C23H16F3NO3S. The van der Waals surface area contributed by atoms with Crippen LogP contribution in [-0.2, 0) is 10.9 Å². The molecule has 4 rings (SSSR count). The van der Waals surface area contributed by atoms with E-state index in [0.29, 0.717) is 21.5 Å². The van der Waals surface area contributed by atoms with Crippen molar-refractivity contribution < 1.29 is 22.7 Å². The molecule has 8 heteroatoms. The van der Waals surface area contributed by atoms with Gasteiger partial charge in [0.15, 0.2) is 0 Å². The van der Waals surface area contributed by atoms with Crippen molar-refractivity contribution in [2.24, 2.45) is 0 Å². The van der Waals surface area contributed by atoms with Crippen LogP contribution in [0.1, 0.15) is 22.2 Å². The van der Waals surface area contributed by atoms with Crippen LogP contribution in [0.3, 0.4) is 0 Å². The maximum atomic E-state index is 13.3. The SMILES string of the molecule is CCOC(=O)c1sc2c(ccc(=O)n2-c2ccccc2)c1-c1cccc(C(F)(F)F)c1. The number of fused-ring (bicyclic) bond motifs is 1. The largest absolute Gasteiger partial charge is 0.462 e. The first-order chi connectivity index (χ1) is 14.8. The van der Waals surface area contributed by atoms with Crippen LogP contribution >= 0.6 is 11.3 Å². The van der Waals surface area contributed by atoms with Crippen LogP contribution in [-0.4, -0.2) is 17.1 Å². The minimum Gasteiger partial charge on any atom is -0.462 e. The van der Waals surface area contributed by atoms with Gasteiger partial charge >= 0.3 is 12.1 Å². The van der Waals surface area contributed by atoms with Gasteiger partial charge < -0.3 is 4.74 Å². The summed E-state index contributed by atoms with van der Waals surface area (Å²) >= 11 is 1.02. The Hall–Kier alpha value is -3.39. The zero-order chi connectivity index (χ0) is 22.2. The van der Waals surface area contributed by atoms with E-state index in [1.54, 1.807) is 37.3 Å². The average molecular weight is 443 g/mol. The van der Waals surface area contributed by atoms with E-state index in [-0.39, 0.29) is 22.6 Å². The Morgan fingerprint density at radius 3 is 2.45 bits per heavy atom. The maximum Gasteiger partial charge on any atom is 0.416 e. The molecular weight excluding hydrogens is 427 g/mol. The number of rotatable bonds is 4. The molecule has 0 atom stereocenters. The quantitative estimate of drug-likeness (QED) is 0.368. The second-order valence-electron chi connectivity index (χ2n) is 6.67. The van der Waals surface area contributed by atoms with Crippen molar-refractivity contribution in [1.82, 2.24) is 4.57 Å². The summed E-state index contributed by atoms with van der Waals surface area (Å²) in [6.45, 7) is 1.76. The molecule has 0 unspecified atom stereocenters. The molecule has 0 spiro atoms. The first-order valence-corrected chi connectivity index (χ1v) is 10.2. The molecule has 0 radical (unpaired) electrons. The van der Waals surface area contributed by atoms with Crippen LogP contribution in [0.2, 0.25) is 0 Å². The number of carbonyl (C=O) groups is 1. The number of pyridine rings is 1. The Morgan fingerprint density at radius 1 is 1.03 bits per heavy atom. The number of halogens is 3. The fourth-order valence-electron chi connectivity index (χ4n) is 3.38. The molecule has 0 saturated heterocycles. The number of hydrogen-bond acceptors (Lipinski definition) is 4. The number of ether oxygens (including phenoxy) is 1. The minimum atomic E-state index is -4.53. The van der Waals surface area contributed by atoms with Gasteiger partial charge in [0.25, 0.3) is 5.56 Å². The van der Waals surface area contributed by atoms with Crippen LogP contribution in [0.4, 0.5) is 13.2 Å². The van der Waals surface area contributed by atoms with Crippen LogP contribution in [0.25, 0.3) is 27.0 Å². The molecule has 0 aliphatic heterocycles. The van der Waals surface area contributed by atoms with Crippen molar-refractivity contribution in [3.63, 3.8) is 0 Å². The molecule has 0 aliphatic rings. The predicted molar refractivity (Wildman–Crippen MR) is 114 cm³/mol. The molecule has 158 valence electrons. The van der Waals surface area contributed by atoms with Crippen molar-refractivity contribution >= 4 is 27.5 Å². The van der Waals surface area contributed by atoms with Gasteiger partial charge in [0.1, 0.15) is 9.71 Å². The van der Waals surface area contributed by atoms with E-state index < -0.39 is 17.7 Å². The highest BCUT2D eigenvalue weighted by Crippen LogP contribution is 2.41. The van der Waals surface area contributed by atoms with Gasteiger partial charge in [-0.05, 0) is 42.8 Å². The molecule has 0 amide bonds. The number of para-hydroxylation sites is 1. The molecule has 0 N–H and O–H groups in total. The Kier molecular flexibility index (Phi) is 5.41. The van der Waals surface area contributed by atoms with Crippen molar-refractivity contribution in [1.29, 1.82) is 0 Å². The third kappa shape index (κ3) is 3.86. The third-order valence-corrected chi connectivity index (χ3v) is 5.87. The van der Waals surface area contributed by atoms with E-state index in [0.717, 1.165) is 23.5 Å². The van der Waals surface area contributed by atoms with E-state index in [9.17, 15) is 22.8 Å². The highest BCUT2D eigenvalue weighted by molar-refractivity contribution is 7.21. The summed E-state index contributed by atoms with van der Waals surface area (Å²) in [4.78, 5) is 26.0. The van der Waals surface area contributed by atoms with E-state index >= 15 is 0 Å². The van der Waals surface area contributed by atoms with E-state index in [1.807, 2.05) is 0 Å². The number of alkyl halides is 3. The maximum absolute atomic E-state index is 13.3. The molecule has 0 saturated carbocycles. The second-order valence-corrected chi connectivity index (χ2v) is 7.67. The first-order valence-electron chi connectivity index (χ1n) is 9.40. The molecule has 4 aromatic rings. The van der Waals surface area contributed by atoms with E-state index in [1.165, 1.54) is 28.8 Å². The first kappa shape index (κ1) is 20.9.